The lowest BCUT2D eigenvalue weighted by Crippen LogP contribution is -2.27. The van der Waals surface area contributed by atoms with Crippen molar-refractivity contribution >= 4 is 61.8 Å². The van der Waals surface area contributed by atoms with Crippen LogP contribution in [0, 0.1) is 15.9 Å². The van der Waals surface area contributed by atoms with E-state index in [-0.39, 0.29) is 20.7 Å². The predicted molar refractivity (Wildman–Crippen MR) is 136 cm³/mol. The number of methoxy groups -OCH3 is 1. The number of nitro benzene ring substituents is 1. The molecule has 1 saturated heterocycles. The van der Waals surface area contributed by atoms with Gasteiger partial charge in [0.1, 0.15) is 5.82 Å². The summed E-state index contributed by atoms with van der Waals surface area (Å²) >= 11 is 6.31. The number of rotatable bonds is 7. The van der Waals surface area contributed by atoms with Crippen LogP contribution in [0.3, 0.4) is 0 Å². The van der Waals surface area contributed by atoms with Crippen molar-refractivity contribution in [1.29, 1.82) is 0 Å². The molecule has 0 unspecified atom stereocenters. The Kier molecular flexibility index (Phi) is 7.06. The lowest BCUT2D eigenvalue weighted by molar-refractivity contribution is -0.387. The summed E-state index contributed by atoms with van der Waals surface area (Å²) in [6.45, 7) is 0. The summed E-state index contributed by atoms with van der Waals surface area (Å²) in [4.78, 5) is 24.2. The summed E-state index contributed by atoms with van der Waals surface area (Å²) in [6, 6.07) is 14.5. The first-order chi connectivity index (χ1) is 17.1. The normalized spacial score (nSPS) is 14.8. The smallest absolute Gasteiger partial charge is 0.346 e. The van der Waals surface area contributed by atoms with Gasteiger partial charge in [-0.2, -0.15) is 8.42 Å². The van der Waals surface area contributed by atoms with Crippen molar-refractivity contribution in [3.63, 3.8) is 0 Å². The van der Waals surface area contributed by atoms with E-state index < -0.39 is 37.3 Å². The van der Waals surface area contributed by atoms with Crippen LogP contribution in [-0.4, -0.2) is 30.7 Å². The number of halogens is 1. The van der Waals surface area contributed by atoms with Crippen LogP contribution in [0.25, 0.3) is 6.08 Å². The van der Waals surface area contributed by atoms with Crippen molar-refractivity contribution in [2.45, 2.75) is 4.90 Å². The van der Waals surface area contributed by atoms with Gasteiger partial charge in [-0.05, 0) is 48.0 Å². The maximum absolute atomic E-state index is 13.6. The molecule has 0 bridgehead atoms. The summed E-state index contributed by atoms with van der Waals surface area (Å²) in [5, 5.41) is 11.2. The van der Waals surface area contributed by atoms with Gasteiger partial charge in [0.2, 0.25) is 0 Å². The highest BCUT2D eigenvalue weighted by Crippen LogP contribution is 2.38. The van der Waals surface area contributed by atoms with Gasteiger partial charge in [0, 0.05) is 6.07 Å². The molecular weight excluding hydrogens is 531 g/mol. The predicted octanol–water partition coefficient (Wildman–Crippen LogP) is 4.92. The van der Waals surface area contributed by atoms with Gasteiger partial charge in [-0.3, -0.25) is 19.8 Å². The highest BCUT2D eigenvalue weighted by molar-refractivity contribution is 8.27. The summed E-state index contributed by atoms with van der Waals surface area (Å²) < 4.78 is 49.7. The summed E-state index contributed by atoms with van der Waals surface area (Å²) in [5.41, 5.74) is 0.123. The van der Waals surface area contributed by atoms with Crippen LogP contribution in [0.1, 0.15) is 5.56 Å². The van der Waals surface area contributed by atoms with E-state index in [1.165, 1.54) is 66.6 Å². The van der Waals surface area contributed by atoms with Crippen molar-refractivity contribution < 1.29 is 31.4 Å². The number of nitrogens with zero attached hydrogens (tertiary/aromatic N) is 2. The third-order valence-corrected chi connectivity index (χ3v) is 7.46. The molecule has 3 aromatic rings. The molecule has 1 amide bonds. The summed E-state index contributed by atoms with van der Waals surface area (Å²) in [5.74, 6) is -1.16. The Labute approximate surface area is 214 Å². The minimum absolute atomic E-state index is 0.00604. The Hall–Kier alpha value is -3.81. The van der Waals surface area contributed by atoms with Crippen LogP contribution in [0.4, 0.5) is 15.8 Å². The number of ether oxygens (including phenoxy) is 1. The van der Waals surface area contributed by atoms with E-state index in [4.69, 9.17) is 21.1 Å². The quantitative estimate of drug-likeness (QED) is 0.134. The number of para-hydroxylation sites is 1. The third kappa shape index (κ3) is 5.08. The van der Waals surface area contributed by atoms with E-state index in [1.807, 2.05) is 0 Å². The molecule has 0 N–H and O–H groups in total. The highest BCUT2D eigenvalue weighted by Gasteiger charge is 2.33. The molecule has 0 radical (unpaired) electrons. The standard InChI is InChI=1S/C23H15FN2O7S3/c1-32-19-11-14(12-20-22(27)25(23(34)35-20)16-6-4-5-15(24)13-16)9-10-18(19)33-36(30,31)21-8-3-2-7-17(21)26(28)29/h2-13H,1H3/b20-12+. The van der Waals surface area contributed by atoms with Gasteiger partial charge in [0.05, 0.1) is 22.6 Å². The molecule has 13 heteroatoms. The minimum atomic E-state index is -4.56. The van der Waals surface area contributed by atoms with Crippen LogP contribution in [0.15, 0.2) is 76.5 Å². The molecule has 0 saturated carbocycles. The summed E-state index contributed by atoms with van der Waals surface area (Å²) in [7, 11) is -3.28. The fourth-order valence-electron chi connectivity index (χ4n) is 3.28. The first-order valence-corrected chi connectivity index (χ1v) is 12.6. The molecule has 1 fully saturated rings. The highest BCUT2D eigenvalue weighted by atomic mass is 32.2. The van der Waals surface area contributed by atoms with Crippen molar-refractivity contribution in [2.24, 2.45) is 0 Å². The maximum atomic E-state index is 13.6. The second-order valence-electron chi connectivity index (χ2n) is 7.17. The molecule has 184 valence electrons. The van der Waals surface area contributed by atoms with Gasteiger partial charge in [-0.1, -0.05) is 48.2 Å². The van der Waals surface area contributed by atoms with Crippen molar-refractivity contribution in [2.75, 3.05) is 12.0 Å². The average Bonchev–Trinajstić information content (AvgIpc) is 3.12. The Balaban J connectivity index is 1.62. The SMILES string of the molecule is COc1cc(/C=C2/SC(=S)N(c3cccc(F)c3)C2=O)ccc1OS(=O)(=O)c1ccccc1[N+](=O)[O-]. The van der Waals surface area contributed by atoms with E-state index in [0.29, 0.717) is 11.3 Å². The fourth-order valence-corrected chi connectivity index (χ4v) is 5.69. The molecule has 1 heterocycles. The van der Waals surface area contributed by atoms with Crippen LogP contribution >= 0.6 is 24.0 Å². The van der Waals surface area contributed by atoms with E-state index in [9.17, 15) is 27.7 Å². The Morgan fingerprint density at radius 1 is 1.08 bits per heavy atom. The van der Waals surface area contributed by atoms with Crippen LogP contribution in [0.5, 0.6) is 11.5 Å². The zero-order chi connectivity index (χ0) is 26.0. The molecule has 9 nitrogen and oxygen atoms in total. The molecule has 1 aliphatic heterocycles. The first kappa shape index (κ1) is 25.3. The van der Waals surface area contributed by atoms with Gasteiger partial charge >= 0.3 is 10.1 Å². The number of nitro groups is 1. The largest absolute Gasteiger partial charge is 0.493 e. The van der Waals surface area contributed by atoms with E-state index in [1.54, 1.807) is 6.07 Å². The van der Waals surface area contributed by atoms with Gasteiger partial charge < -0.3 is 8.92 Å². The molecule has 0 aliphatic carbocycles. The number of anilines is 1. The van der Waals surface area contributed by atoms with Crippen molar-refractivity contribution in [3.8, 4) is 11.5 Å². The van der Waals surface area contributed by atoms with Gasteiger partial charge in [-0.15, -0.1) is 0 Å². The average molecular weight is 547 g/mol. The number of amides is 1. The molecule has 0 spiro atoms. The van der Waals surface area contributed by atoms with Crippen molar-refractivity contribution in [1.82, 2.24) is 0 Å². The maximum Gasteiger partial charge on any atom is 0.346 e. The van der Waals surface area contributed by atoms with Crippen LogP contribution < -0.4 is 13.8 Å². The van der Waals surface area contributed by atoms with Crippen molar-refractivity contribution in [3.05, 3.63) is 93.1 Å². The monoisotopic (exact) mass is 546 g/mol. The number of thiocarbonyl (C=S) groups is 1. The Bertz CT molecular complexity index is 1540. The second kappa shape index (κ2) is 10.0. The summed E-state index contributed by atoms with van der Waals surface area (Å²) in [6.07, 6.45) is 1.52. The number of thioether (sulfide) groups is 1. The molecule has 36 heavy (non-hydrogen) atoms. The van der Waals surface area contributed by atoms with Crippen LogP contribution in [0.2, 0.25) is 0 Å². The van der Waals surface area contributed by atoms with Gasteiger partial charge in [-0.25, -0.2) is 4.39 Å². The lowest BCUT2D eigenvalue weighted by Gasteiger charge is -2.14. The molecule has 3 aromatic carbocycles. The number of carbonyl (C=O) groups is 1. The molecular formula is C23H15FN2O7S3. The second-order valence-corrected chi connectivity index (χ2v) is 10.4. The Morgan fingerprint density at radius 2 is 1.83 bits per heavy atom. The lowest BCUT2D eigenvalue weighted by atomic mass is 10.2. The topological polar surface area (TPSA) is 116 Å². The minimum Gasteiger partial charge on any atom is -0.493 e. The molecule has 0 aromatic heterocycles. The number of benzene rings is 3. The van der Waals surface area contributed by atoms with Crippen LogP contribution in [-0.2, 0) is 14.9 Å². The molecule has 4 rings (SSSR count). The number of hydrogen-bond donors (Lipinski definition) is 0. The molecule has 0 atom stereocenters. The van der Waals surface area contributed by atoms with E-state index in [0.717, 1.165) is 23.9 Å². The van der Waals surface area contributed by atoms with Gasteiger partial charge in [0.25, 0.3) is 11.6 Å². The third-order valence-electron chi connectivity index (χ3n) is 4.88. The number of hydrogen-bond acceptors (Lipinski definition) is 9. The Morgan fingerprint density at radius 3 is 2.53 bits per heavy atom. The molecule has 1 aliphatic rings. The van der Waals surface area contributed by atoms with E-state index in [2.05, 4.69) is 0 Å². The van der Waals surface area contributed by atoms with E-state index >= 15 is 0 Å². The zero-order valence-corrected chi connectivity index (χ0v) is 20.7. The number of carbonyl (C=O) groups excluding carboxylic acids is 1. The zero-order valence-electron chi connectivity index (χ0n) is 18.3. The van der Waals surface area contributed by atoms with Gasteiger partial charge in [0.15, 0.2) is 20.7 Å². The first-order valence-electron chi connectivity index (χ1n) is 10.00. The fraction of sp³-hybridized carbons (Fsp3) is 0.0435.